The molecule has 1 aromatic rings. The Labute approximate surface area is 111 Å². The number of carbonyl (C=O) groups is 1. The van der Waals surface area contributed by atoms with E-state index in [4.69, 9.17) is 16.7 Å². The lowest BCUT2D eigenvalue weighted by atomic mass is 10.2. The second-order valence-corrected chi connectivity index (χ2v) is 4.60. The van der Waals surface area contributed by atoms with Gasteiger partial charge in [0.05, 0.1) is 21.4 Å². The van der Waals surface area contributed by atoms with E-state index in [0.29, 0.717) is 0 Å². The van der Waals surface area contributed by atoms with Crippen molar-refractivity contribution in [2.45, 2.75) is 0 Å². The van der Waals surface area contributed by atoms with Crippen LogP contribution in [0.4, 0.5) is 10.1 Å². The molecule has 0 aliphatic rings. The minimum Gasteiger partial charge on any atom is -0.478 e. The highest BCUT2D eigenvalue weighted by Gasteiger charge is 2.19. The van der Waals surface area contributed by atoms with Gasteiger partial charge in [-0.1, -0.05) is 11.6 Å². The van der Waals surface area contributed by atoms with Crippen molar-refractivity contribution in [1.82, 2.24) is 4.90 Å². The summed E-state index contributed by atoms with van der Waals surface area (Å²) in [5, 5.41) is 8.93. The molecule has 1 aromatic carbocycles. The van der Waals surface area contributed by atoms with Crippen molar-refractivity contribution in [1.29, 1.82) is 0 Å². The highest BCUT2D eigenvalue weighted by atomic mass is 79.9. The molecule has 0 atom stereocenters. The van der Waals surface area contributed by atoms with Gasteiger partial charge < -0.3 is 10.0 Å². The van der Waals surface area contributed by atoms with Gasteiger partial charge in [0.25, 0.3) is 0 Å². The summed E-state index contributed by atoms with van der Waals surface area (Å²) in [5.74, 6) is -2.09. The lowest BCUT2D eigenvalue weighted by molar-refractivity contribution is 0.0697. The van der Waals surface area contributed by atoms with E-state index in [1.54, 1.807) is 19.0 Å². The first-order chi connectivity index (χ1) is 7.84. The molecule has 92 valence electrons. The van der Waals surface area contributed by atoms with Crippen LogP contribution < -0.4 is 0 Å². The Hall–Kier alpha value is -1.14. The predicted octanol–water partition coefficient (Wildman–Crippen LogP) is 3.16. The average Bonchev–Trinajstić information content (AvgIpc) is 2.23. The van der Waals surface area contributed by atoms with E-state index in [-0.39, 0.29) is 20.7 Å². The van der Waals surface area contributed by atoms with Gasteiger partial charge in [-0.25, -0.2) is 14.2 Å². The third-order valence-electron chi connectivity index (χ3n) is 1.78. The van der Waals surface area contributed by atoms with E-state index in [1.165, 1.54) is 6.34 Å². The standard InChI is InChI=1S/C10H9BrClFN2O2/c1-15(2)4-14-9-5(10(16)17)3-6(12)7(11)8(9)13/h3-4H,1-2H3,(H,16,17). The van der Waals surface area contributed by atoms with Crippen molar-refractivity contribution in [3.8, 4) is 0 Å². The first-order valence-corrected chi connectivity index (χ1v) is 5.63. The van der Waals surface area contributed by atoms with Gasteiger partial charge in [-0.05, 0) is 22.0 Å². The van der Waals surface area contributed by atoms with Crippen molar-refractivity contribution in [3.63, 3.8) is 0 Å². The van der Waals surface area contributed by atoms with Crippen molar-refractivity contribution in [2.75, 3.05) is 14.1 Å². The maximum absolute atomic E-state index is 13.8. The van der Waals surface area contributed by atoms with Crippen LogP contribution in [-0.4, -0.2) is 36.4 Å². The van der Waals surface area contributed by atoms with Crippen molar-refractivity contribution < 1.29 is 14.3 Å². The molecular weight excluding hydrogens is 314 g/mol. The van der Waals surface area contributed by atoms with E-state index in [0.717, 1.165) is 6.07 Å². The average molecular weight is 324 g/mol. The molecular formula is C10H9BrClFN2O2. The second kappa shape index (κ2) is 5.46. The normalized spacial score (nSPS) is 10.9. The predicted molar refractivity (Wildman–Crippen MR) is 67.9 cm³/mol. The first-order valence-electron chi connectivity index (χ1n) is 4.46. The van der Waals surface area contributed by atoms with Gasteiger partial charge >= 0.3 is 5.97 Å². The summed E-state index contributed by atoms with van der Waals surface area (Å²) < 4.78 is 13.8. The van der Waals surface area contributed by atoms with E-state index >= 15 is 0 Å². The van der Waals surface area contributed by atoms with Crippen LogP contribution >= 0.6 is 27.5 Å². The number of halogens is 3. The number of carboxylic acids is 1. The third-order valence-corrected chi connectivity index (χ3v) is 3.09. The summed E-state index contributed by atoms with van der Waals surface area (Å²) in [4.78, 5) is 16.3. The minimum absolute atomic E-state index is 0.00456. The molecule has 0 aliphatic heterocycles. The van der Waals surface area contributed by atoms with E-state index in [9.17, 15) is 9.18 Å². The number of hydrogen-bond acceptors (Lipinski definition) is 2. The number of hydrogen-bond donors (Lipinski definition) is 1. The zero-order valence-corrected chi connectivity index (χ0v) is 11.4. The molecule has 4 nitrogen and oxygen atoms in total. The Morgan fingerprint density at radius 1 is 1.65 bits per heavy atom. The molecule has 0 spiro atoms. The monoisotopic (exact) mass is 322 g/mol. The molecule has 0 unspecified atom stereocenters. The van der Waals surface area contributed by atoms with Crippen molar-refractivity contribution in [3.05, 3.63) is 26.9 Å². The van der Waals surface area contributed by atoms with Crippen LogP contribution in [0.5, 0.6) is 0 Å². The molecule has 0 radical (unpaired) electrons. The van der Waals surface area contributed by atoms with Gasteiger partial charge in [0, 0.05) is 14.1 Å². The van der Waals surface area contributed by atoms with Gasteiger partial charge in [0.2, 0.25) is 0 Å². The summed E-state index contributed by atoms with van der Waals surface area (Å²) in [5.41, 5.74) is -0.545. The largest absolute Gasteiger partial charge is 0.478 e. The van der Waals surface area contributed by atoms with Crippen molar-refractivity contribution >= 4 is 45.5 Å². The molecule has 0 amide bonds. The summed E-state index contributed by atoms with van der Waals surface area (Å²) >= 11 is 8.62. The van der Waals surface area contributed by atoms with Crippen LogP contribution in [0.1, 0.15) is 10.4 Å². The molecule has 0 fully saturated rings. The topological polar surface area (TPSA) is 52.9 Å². The molecule has 0 saturated carbocycles. The second-order valence-electron chi connectivity index (χ2n) is 3.40. The number of benzene rings is 1. The first kappa shape index (κ1) is 13.9. The molecule has 0 saturated heterocycles. The highest BCUT2D eigenvalue weighted by Crippen LogP contribution is 2.35. The zero-order valence-electron chi connectivity index (χ0n) is 9.04. The van der Waals surface area contributed by atoms with Gasteiger partial charge in [0.1, 0.15) is 5.69 Å². The summed E-state index contributed by atoms with van der Waals surface area (Å²) in [7, 11) is 3.37. The number of carboxylic acid groups (broad SMARTS) is 1. The van der Waals surface area contributed by atoms with E-state index in [2.05, 4.69) is 20.9 Å². The Kier molecular flexibility index (Phi) is 4.47. The Morgan fingerprint density at radius 2 is 2.24 bits per heavy atom. The maximum Gasteiger partial charge on any atom is 0.338 e. The molecule has 1 rings (SSSR count). The third kappa shape index (κ3) is 3.17. The SMILES string of the molecule is CN(C)C=Nc1c(C(=O)O)cc(Cl)c(Br)c1F. The van der Waals surface area contributed by atoms with Crippen LogP contribution in [0.25, 0.3) is 0 Å². The maximum atomic E-state index is 13.8. The van der Waals surface area contributed by atoms with Gasteiger partial charge in [-0.15, -0.1) is 0 Å². The van der Waals surface area contributed by atoms with Gasteiger partial charge in [0.15, 0.2) is 5.82 Å². The minimum atomic E-state index is -1.29. The highest BCUT2D eigenvalue weighted by molar-refractivity contribution is 9.10. The Morgan fingerprint density at radius 3 is 2.71 bits per heavy atom. The molecule has 0 aromatic heterocycles. The number of nitrogens with zero attached hydrogens (tertiary/aromatic N) is 2. The quantitative estimate of drug-likeness (QED) is 0.528. The van der Waals surface area contributed by atoms with Crippen LogP contribution in [0, 0.1) is 5.82 Å². The van der Waals surface area contributed by atoms with E-state index in [1.807, 2.05) is 0 Å². The fourth-order valence-electron chi connectivity index (χ4n) is 1.05. The van der Waals surface area contributed by atoms with E-state index < -0.39 is 11.8 Å². The van der Waals surface area contributed by atoms with Crippen LogP contribution in [-0.2, 0) is 0 Å². The van der Waals surface area contributed by atoms with Crippen molar-refractivity contribution in [2.24, 2.45) is 4.99 Å². The van der Waals surface area contributed by atoms with Gasteiger partial charge in [-0.2, -0.15) is 0 Å². The lowest BCUT2D eigenvalue weighted by Crippen LogP contribution is -2.08. The molecule has 0 aliphatic carbocycles. The van der Waals surface area contributed by atoms with Crippen LogP contribution in [0.2, 0.25) is 5.02 Å². The number of aliphatic imine (C=N–C) groups is 1. The summed E-state index contributed by atoms with van der Waals surface area (Å²) in [6.07, 6.45) is 1.31. The Balaban J connectivity index is 3.44. The summed E-state index contributed by atoms with van der Waals surface area (Å²) in [6.45, 7) is 0. The number of rotatable bonds is 3. The lowest BCUT2D eigenvalue weighted by Gasteiger charge is -2.08. The molecule has 17 heavy (non-hydrogen) atoms. The Bertz CT molecular complexity index is 492. The number of aromatic carboxylic acids is 1. The molecule has 0 bridgehead atoms. The molecule has 1 N–H and O–H groups in total. The molecule has 0 heterocycles. The smallest absolute Gasteiger partial charge is 0.338 e. The fourth-order valence-corrected chi connectivity index (χ4v) is 1.54. The van der Waals surface area contributed by atoms with Crippen LogP contribution in [0.15, 0.2) is 15.5 Å². The zero-order chi connectivity index (χ0) is 13.2. The van der Waals surface area contributed by atoms with Crippen LogP contribution in [0.3, 0.4) is 0 Å². The van der Waals surface area contributed by atoms with Gasteiger partial charge in [-0.3, -0.25) is 0 Å². The molecule has 7 heteroatoms. The summed E-state index contributed by atoms with van der Waals surface area (Å²) in [6, 6.07) is 1.15. The fraction of sp³-hybridized carbons (Fsp3) is 0.200.